The zero-order valence-corrected chi connectivity index (χ0v) is 13.7. The lowest BCUT2D eigenvalue weighted by molar-refractivity contribution is -0.384. The summed E-state index contributed by atoms with van der Waals surface area (Å²) < 4.78 is 0. The fourth-order valence-electron chi connectivity index (χ4n) is 1.71. The lowest BCUT2D eigenvalue weighted by Crippen LogP contribution is -1.95. The summed E-state index contributed by atoms with van der Waals surface area (Å²) in [5.74, 6) is 1.96. The van der Waals surface area contributed by atoms with E-state index < -0.39 is 4.92 Å². The van der Waals surface area contributed by atoms with Crippen LogP contribution in [0.25, 0.3) is 11.0 Å². The topological polar surface area (TPSA) is 68.9 Å². The van der Waals surface area contributed by atoms with Crippen LogP contribution in [0.2, 0.25) is 0 Å². The average molecular weight is 323 g/mol. The minimum atomic E-state index is -0.403. The molecule has 1 aromatic carbocycles. The molecule has 0 fully saturated rings. The quantitative estimate of drug-likeness (QED) is 0.423. The molecule has 112 valence electrons. The molecule has 7 heteroatoms. The van der Waals surface area contributed by atoms with Crippen LogP contribution < -0.4 is 0 Å². The summed E-state index contributed by atoms with van der Waals surface area (Å²) >= 11 is 3.36. The van der Waals surface area contributed by atoms with Crippen LogP contribution in [0.5, 0.6) is 0 Å². The first-order chi connectivity index (χ1) is 10.2. The maximum absolute atomic E-state index is 10.9. The molecule has 0 bridgehead atoms. The van der Waals surface area contributed by atoms with Gasteiger partial charge in [-0.3, -0.25) is 10.1 Å². The molecule has 1 aromatic heterocycles. The molecule has 0 aliphatic heterocycles. The molecule has 0 atom stereocenters. The maximum Gasteiger partial charge on any atom is 0.271 e. The van der Waals surface area contributed by atoms with E-state index in [0.29, 0.717) is 11.0 Å². The molecule has 0 unspecified atom stereocenters. The van der Waals surface area contributed by atoms with E-state index in [-0.39, 0.29) is 5.69 Å². The molecule has 0 saturated carbocycles. The van der Waals surface area contributed by atoms with Crippen molar-refractivity contribution < 1.29 is 4.92 Å². The van der Waals surface area contributed by atoms with Crippen molar-refractivity contribution in [3.05, 3.63) is 28.3 Å². The summed E-state index contributed by atoms with van der Waals surface area (Å²) in [7, 11) is 0. The van der Waals surface area contributed by atoms with E-state index in [9.17, 15) is 10.1 Å². The smallest absolute Gasteiger partial charge is 0.258 e. The predicted octanol–water partition coefficient (Wildman–Crippen LogP) is 4.54. The Kier molecular flexibility index (Phi) is 5.81. The first-order valence-corrected chi connectivity index (χ1v) is 8.84. The number of aromatic nitrogens is 2. The summed E-state index contributed by atoms with van der Waals surface area (Å²) in [4.78, 5) is 19.7. The number of non-ortho nitro benzene ring substituents is 1. The number of benzene rings is 1. The molecule has 0 saturated heterocycles. The average Bonchev–Trinajstić information content (AvgIpc) is 2.49. The second kappa shape index (κ2) is 7.61. The van der Waals surface area contributed by atoms with Gasteiger partial charge in [-0.15, -0.1) is 23.5 Å². The van der Waals surface area contributed by atoms with Gasteiger partial charge in [-0.1, -0.05) is 13.8 Å². The van der Waals surface area contributed by atoms with E-state index in [1.165, 1.54) is 12.1 Å². The van der Waals surface area contributed by atoms with Gasteiger partial charge in [-0.05, 0) is 30.4 Å². The Morgan fingerprint density at radius 3 is 2.14 bits per heavy atom. The van der Waals surface area contributed by atoms with Gasteiger partial charge in [0.25, 0.3) is 5.69 Å². The molecule has 2 rings (SSSR count). The van der Waals surface area contributed by atoms with Gasteiger partial charge in [0.05, 0.1) is 16.0 Å². The highest BCUT2D eigenvalue weighted by Crippen LogP contribution is 2.31. The van der Waals surface area contributed by atoms with Crippen LogP contribution in [-0.4, -0.2) is 26.4 Å². The van der Waals surface area contributed by atoms with Gasteiger partial charge in [0, 0.05) is 12.1 Å². The van der Waals surface area contributed by atoms with Crippen LogP contribution in [0.3, 0.4) is 0 Å². The summed E-state index contributed by atoms with van der Waals surface area (Å²) in [6.07, 6.45) is 2.12. The van der Waals surface area contributed by atoms with Gasteiger partial charge in [-0.25, -0.2) is 9.97 Å². The first kappa shape index (κ1) is 16.0. The minimum absolute atomic E-state index is 0.0530. The number of nitrogens with zero attached hydrogens (tertiary/aromatic N) is 3. The third kappa shape index (κ3) is 4.07. The maximum atomic E-state index is 10.9. The van der Waals surface area contributed by atoms with Gasteiger partial charge in [0.2, 0.25) is 0 Å². The van der Waals surface area contributed by atoms with Crippen molar-refractivity contribution in [1.29, 1.82) is 0 Å². The molecule has 21 heavy (non-hydrogen) atoms. The van der Waals surface area contributed by atoms with Crippen molar-refractivity contribution in [3.63, 3.8) is 0 Å². The fraction of sp³-hybridized carbons (Fsp3) is 0.429. The molecule has 5 nitrogen and oxygen atoms in total. The van der Waals surface area contributed by atoms with Crippen LogP contribution in [0.15, 0.2) is 28.3 Å². The highest BCUT2D eigenvalue weighted by molar-refractivity contribution is 8.02. The van der Waals surface area contributed by atoms with E-state index in [0.717, 1.165) is 34.4 Å². The van der Waals surface area contributed by atoms with Crippen LogP contribution in [0, 0.1) is 10.1 Å². The van der Waals surface area contributed by atoms with E-state index >= 15 is 0 Å². The Labute approximate surface area is 132 Å². The number of hydrogen-bond acceptors (Lipinski definition) is 6. The van der Waals surface area contributed by atoms with Crippen LogP contribution >= 0.6 is 23.5 Å². The lowest BCUT2D eigenvalue weighted by Gasteiger charge is -2.08. The van der Waals surface area contributed by atoms with Crippen molar-refractivity contribution in [3.8, 4) is 0 Å². The predicted molar refractivity (Wildman–Crippen MR) is 88.2 cm³/mol. The molecule has 0 radical (unpaired) electrons. The Balaban J connectivity index is 2.45. The van der Waals surface area contributed by atoms with E-state index in [1.54, 1.807) is 29.6 Å². The van der Waals surface area contributed by atoms with Gasteiger partial charge in [-0.2, -0.15) is 0 Å². The van der Waals surface area contributed by atoms with Crippen molar-refractivity contribution in [1.82, 2.24) is 9.97 Å². The number of thioether (sulfide) groups is 2. The third-order valence-corrected chi connectivity index (χ3v) is 5.15. The Morgan fingerprint density at radius 1 is 1.05 bits per heavy atom. The van der Waals surface area contributed by atoms with Crippen LogP contribution in [0.4, 0.5) is 5.69 Å². The molecular formula is C14H17N3O2S2. The molecule has 0 aliphatic rings. The second-order valence-electron chi connectivity index (χ2n) is 4.46. The number of rotatable bonds is 7. The van der Waals surface area contributed by atoms with E-state index in [1.807, 2.05) is 0 Å². The number of fused-ring (bicyclic) bond motifs is 1. The standard InChI is InChI=1S/C14H17N3O2S2/c1-3-7-20-13-14(21-8-4-2)16-12-9-10(17(18)19)5-6-11(12)15-13/h5-6,9H,3-4,7-8H2,1-2H3. The highest BCUT2D eigenvalue weighted by Gasteiger charge is 2.13. The molecule has 0 amide bonds. The summed E-state index contributed by atoms with van der Waals surface area (Å²) in [6, 6.07) is 4.64. The molecular weight excluding hydrogens is 306 g/mol. The Bertz CT molecular complexity index is 649. The van der Waals surface area contributed by atoms with Gasteiger partial charge in [0.1, 0.15) is 10.1 Å². The lowest BCUT2D eigenvalue weighted by atomic mass is 10.3. The molecule has 0 spiro atoms. The van der Waals surface area contributed by atoms with Gasteiger partial charge >= 0.3 is 0 Å². The zero-order valence-electron chi connectivity index (χ0n) is 12.0. The number of nitro groups is 1. The van der Waals surface area contributed by atoms with Crippen molar-refractivity contribution in [2.24, 2.45) is 0 Å². The molecule has 2 aromatic rings. The van der Waals surface area contributed by atoms with Crippen molar-refractivity contribution >= 4 is 40.2 Å². The summed E-state index contributed by atoms with van der Waals surface area (Å²) in [6.45, 7) is 4.24. The van der Waals surface area contributed by atoms with Gasteiger partial charge in [0.15, 0.2) is 0 Å². The first-order valence-electron chi connectivity index (χ1n) is 6.87. The minimum Gasteiger partial charge on any atom is -0.258 e. The second-order valence-corrected chi connectivity index (χ2v) is 6.63. The SMILES string of the molecule is CCCSc1nc2ccc([N+](=O)[O-])cc2nc1SCCC. The summed E-state index contributed by atoms with van der Waals surface area (Å²) in [5, 5.41) is 12.7. The summed E-state index contributed by atoms with van der Waals surface area (Å²) in [5.41, 5.74) is 1.35. The molecule has 1 heterocycles. The normalized spacial score (nSPS) is 11.0. The van der Waals surface area contributed by atoms with E-state index in [2.05, 4.69) is 23.8 Å². The Hall–Kier alpha value is -1.34. The zero-order chi connectivity index (χ0) is 15.2. The number of hydrogen-bond donors (Lipinski definition) is 0. The van der Waals surface area contributed by atoms with Gasteiger partial charge < -0.3 is 0 Å². The van der Waals surface area contributed by atoms with Crippen molar-refractivity contribution in [2.75, 3.05) is 11.5 Å². The highest BCUT2D eigenvalue weighted by atomic mass is 32.2. The van der Waals surface area contributed by atoms with Crippen LogP contribution in [-0.2, 0) is 0 Å². The van der Waals surface area contributed by atoms with Crippen LogP contribution in [0.1, 0.15) is 26.7 Å². The van der Waals surface area contributed by atoms with Crippen molar-refractivity contribution in [2.45, 2.75) is 36.7 Å². The largest absolute Gasteiger partial charge is 0.271 e. The fourth-order valence-corrected chi connectivity index (χ4v) is 3.52. The Morgan fingerprint density at radius 2 is 1.62 bits per heavy atom. The molecule has 0 aliphatic carbocycles. The third-order valence-electron chi connectivity index (χ3n) is 2.68. The number of nitro benzene ring substituents is 1. The van der Waals surface area contributed by atoms with E-state index in [4.69, 9.17) is 0 Å². The molecule has 0 N–H and O–H groups in total. The monoisotopic (exact) mass is 323 g/mol.